The number of aromatic nitrogens is 2. The van der Waals surface area contributed by atoms with Crippen molar-refractivity contribution in [3.05, 3.63) is 40.7 Å². The highest BCUT2D eigenvalue weighted by Gasteiger charge is 2.07. The van der Waals surface area contributed by atoms with Crippen LogP contribution in [-0.4, -0.2) is 14.9 Å². The maximum absolute atomic E-state index is 11.4. The average Bonchev–Trinajstić information content (AvgIpc) is 2.60. The van der Waals surface area contributed by atoms with E-state index in [0.717, 1.165) is 0 Å². The normalized spacial score (nSPS) is 10.5. The number of benzene rings is 1. The minimum atomic E-state index is -0.0873. The molecule has 0 atom stereocenters. The summed E-state index contributed by atoms with van der Waals surface area (Å²) in [4.78, 5) is 11.4. The predicted octanol–water partition coefficient (Wildman–Crippen LogP) is 1.57. The zero-order valence-electron chi connectivity index (χ0n) is 8.40. The van der Waals surface area contributed by atoms with Crippen LogP contribution in [0.2, 0.25) is 0 Å². The molecular weight excluding hydrogens is 192 g/mol. The summed E-state index contributed by atoms with van der Waals surface area (Å²) in [5, 5.41) is 12.5. The van der Waals surface area contributed by atoms with Crippen LogP contribution in [0.1, 0.15) is 6.92 Å². The third-order valence-electron chi connectivity index (χ3n) is 2.30. The highest BCUT2D eigenvalue weighted by molar-refractivity contribution is 5.65. The number of aromatic amines is 1. The van der Waals surface area contributed by atoms with Crippen LogP contribution in [0.15, 0.2) is 35.1 Å². The molecule has 1 aromatic carbocycles. The summed E-state index contributed by atoms with van der Waals surface area (Å²) in [5.41, 5.74) is 1.19. The van der Waals surface area contributed by atoms with E-state index in [-0.39, 0.29) is 11.3 Å². The molecule has 2 N–H and O–H groups in total. The van der Waals surface area contributed by atoms with Crippen LogP contribution >= 0.6 is 0 Å². The van der Waals surface area contributed by atoms with Gasteiger partial charge < -0.3 is 5.11 Å². The molecule has 0 aliphatic carbocycles. The monoisotopic (exact) mass is 204 g/mol. The maximum atomic E-state index is 11.4. The number of hydrogen-bond acceptors (Lipinski definition) is 2. The smallest absolute Gasteiger partial charge is 0.267 e. The van der Waals surface area contributed by atoms with Gasteiger partial charge in [-0.05, 0) is 19.1 Å². The number of nitrogens with one attached hydrogen (secondary N) is 1. The molecule has 0 spiro atoms. The second-order valence-electron chi connectivity index (χ2n) is 3.27. The van der Waals surface area contributed by atoms with E-state index in [0.29, 0.717) is 17.8 Å². The van der Waals surface area contributed by atoms with Gasteiger partial charge in [0.15, 0.2) is 0 Å². The van der Waals surface area contributed by atoms with Crippen molar-refractivity contribution in [1.82, 2.24) is 9.78 Å². The summed E-state index contributed by atoms with van der Waals surface area (Å²) in [5.74, 6) is 0.169. The fraction of sp³-hybridized carbons (Fsp3) is 0.182. The molecule has 2 rings (SSSR count). The molecule has 0 aliphatic rings. The minimum absolute atomic E-state index is 0.0873. The third-order valence-corrected chi connectivity index (χ3v) is 2.30. The van der Waals surface area contributed by atoms with Gasteiger partial charge in [-0.25, -0.2) is 0 Å². The Morgan fingerprint density at radius 3 is 2.73 bits per heavy atom. The van der Waals surface area contributed by atoms with Gasteiger partial charge in [0.05, 0.1) is 5.69 Å². The number of hydrogen-bond donors (Lipinski definition) is 2. The zero-order valence-corrected chi connectivity index (χ0v) is 8.40. The van der Waals surface area contributed by atoms with Gasteiger partial charge in [-0.1, -0.05) is 12.1 Å². The van der Waals surface area contributed by atoms with Gasteiger partial charge >= 0.3 is 0 Å². The van der Waals surface area contributed by atoms with Crippen LogP contribution in [-0.2, 0) is 6.54 Å². The Bertz CT molecular complexity index is 525. The van der Waals surface area contributed by atoms with Gasteiger partial charge in [0.1, 0.15) is 5.75 Å². The average molecular weight is 204 g/mol. The van der Waals surface area contributed by atoms with Gasteiger partial charge in [-0.3, -0.25) is 14.6 Å². The zero-order chi connectivity index (χ0) is 10.8. The Morgan fingerprint density at radius 2 is 2.13 bits per heavy atom. The first-order valence-corrected chi connectivity index (χ1v) is 4.80. The first-order valence-electron chi connectivity index (χ1n) is 4.80. The van der Waals surface area contributed by atoms with Crippen molar-refractivity contribution in [3.63, 3.8) is 0 Å². The van der Waals surface area contributed by atoms with Crippen molar-refractivity contribution in [2.75, 3.05) is 0 Å². The van der Waals surface area contributed by atoms with E-state index in [1.807, 2.05) is 13.0 Å². The van der Waals surface area contributed by atoms with Crippen molar-refractivity contribution in [2.45, 2.75) is 13.5 Å². The maximum Gasteiger partial charge on any atom is 0.267 e. The van der Waals surface area contributed by atoms with E-state index in [2.05, 4.69) is 5.10 Å². The van der Waals surface area contributed by atoms with Crippen LogP contribution in [0, 0.1) is 0 Å². The number of phenolic OH excluding ortho intramolecular Hbond substituents is 1. The molecule has 1 aromatic heterocycles. The van der Waals surface area contributed by atoms with Gasteiger partial charge in [-0.15, -0.1) is 0 Å². The Balaban J connectivity index is 2.55. The number of para-hydroxylation sites is 1. The Kier molecular flexibility index (Phi) is 2.33. The van der Waals surface area contributed by atoms with Crippen LogP contribution in [0.4, 0.5) is 0 Å². The first kappa shape index (κ1) is 9.58. The van der Waals surface area contributed by atoms with Crippen LogP contribution in [0.5, 0.6) is 5.75 Å². The number of rotatable bonds is 2. The molecule has 78 valence electrons. The van der Waals surface area contributed by atoms with E-state index in [4.69, 9.17) is 0 Å². The van der Waals surface area contributed by atoms with Crippen molar-refractivity contribution in [1.29, 1.82) is 0 Å². The number of aromatic hydroxyl groups is 1. The minimum Gasteiger partial charge on any atom is -0.507 e. The van der Waals surface area contributed by atoms with Gasteiger partial charge in [0.2, 0.25) is 0 Å². The lowest BCUT2D eigenvalue weighted by Gasteiger charge is -2.01. The topological polar surface area (TPSA) is 58.0 Å². The second-order valence-corrected chi connectivity index (χ2v) is 3.27. The second kappa shape index (κ2) is 3.65. The summed E-state index contributed by atoms with van der Waals surface area (Å²) >= 11 is 0. The molecular formula is C11H12N2O2. The standard InChI is InChI=1S/C11H12N2O2/c1-2-13-11(15)7-9(12-13)8-5-3-4-6-10(8)14/h3-7,12,14H,2H2,1H3. The van der Waals surface area contributed by atoms with Crippen LogP contribution in [0.3, 0.4) is 0 Å². The van der Waals surface area contributed by atoms with Crippen molar-refractivity contribution >= 4 is 0 Å². The van der Waals surface area contributed by atoms with Crippen LogP contribution < -0.4 is 5.56 Å². The van der Waals surface area contributed by atoms with Crippen molar-refractivity contribution in [2.24, 2.45) is 0 Å². The molecule has 0 saturated heterocycles. The number of H-pyrrole nitrogens is 1. The lowest BCUT2D eigenvalue weighted by molar-refractivity contribution is 0.477. The predicted molar refractivity (Wildman–Crippen MR) is 57.8 cm³/mol. The van der Waals surface area contributed by atoms with Gasteiger partial charge in [0, 0.05) is 18.2 Å². The molecule has 1 heterocycles. The summed E-state index contributed by atoms with van der Waals surface area (Å²) in [7, 11) is 0. The summed E-state index contributed by atoms with van der Waals surface area (Å²) in [6, 6.07) is 8.40. The molecule has 0 fully saturated rings. The Labute approximate surface area is 86.8 Å². The van der Waals surface area contributed by atoms with Crippen molar-refractivity contribution in [3.8, 4) is 17.0 Å². The van der Waals surface area contributed by atoms with Gasteiger partial charge in [0.25, 0.3) is 5.56 Å². The largest absolute Gasteiger partial charge is 0.507 e. The summed E-state index contributed by atoms with van der Waals surface area (Å²) in [6.45, 7) is 2.47. The summed E-state index contributed by atoms with van der Waals surface area (Å²) < 4.78 is 1.49. The van der Waals surface area contributed by atoms with Crippen LogP contribution in [0.25, 0.3) is 11.3 Å². The van der Waals surface area contributed by atoms with Crippen molar-refractivity contribution < 1.29 is 5.11 Å². The number of nitrogens with zero attached hydrogens (tertiary/aromatic N) is 1. The van der Waals surface area contributed by atoms with Gasteiger partial charge in [-0.2, -0.15) is 0 Å². The Morgan fingerprint density at radius 1 is 1.40 bits per heavy atom. The van der Waals surface area contributed by atoms with E-state index in [1.54, 1.807) is 18.2 Å². The van der Waals surface area contributed by atoms with E-state index >= 15 is 0 Å². The molecule has 2 aromatic rings. The number of aryl methyl sites for hydroxylation is 1. The molecule has 0 aliphatic heterocycles. The lowest BCUT2D eigenvalue weighted by Crippen LogP contribution is -2.13. The molecule has 0 radical (unpaired) electrons. The molecule has 4 nitrogen and oxygen atoms in total. The SMILES string of the molecule is CCn1[nH]c(-c2ccccc2O)cc1=O. The highest BCUT2D eigenvalue weighted by atomic mass is 16.3. The van der Waals surface area contributed by atoms with E-state index in [1.165, 1.54) is 10.7 Å². The Hall–Kier alpha value is -1.97. The van der Waals surface area contributed by atoms with E-state index in [9.17, 15) is 9.90 Å². The molecule has 0 amide bonds. The molecule has 0 saturated carbocycles. The molecule has 4 heteroatoms. The lowest BCUT2D eigenvalue weighted by atomic mass is 10.1. The molecule has 15 heavy (non-hydrogen) atoms. The first-order chi connectivity index (χ1) is 7.22. The van der Waals surface area contributed by atoms with E-state index < -0.39 is 0 Å². The quantitative estimate of drug-likeness (QED) is 0.780. The highest BCUT2D eigenvalue weighted by Crippen LogP contribution is 2.25. The fourth-order valence-electron chi connectivity index (χ4n) is 1.51. The number of phenols is 1. The summed E-state index contributed by atoms with van der Waals surface area (Å²) in [6.07, 6.45) is 0. The molecule has 0 bridgehead atoms. The third kappa shape index (κ3) is 1.66. The fourth-order valence-corrected chi connectivity index (χ4v) is 1.51. The molecule has 0 unspecified atom stereocenters.